The topological polar surface area (TPSA) is 87.0 Å². The molecule has 0 saturated heterocycles. The fraction of sp³-hybridized carbons (Fsp3) is 0.690. The molecule has 4 rings (SSSR count). The first-order valence-electron chi connectivity index (χ1n) is 13.0. The van der Waals surface area contributed by atoms with Crippen molar-refractivity contribution >= 4 is 6.47 Å². The second-order valence-corrected chi connectivity index (χ2v) is 11.1. The van der Waals surface area contributed by atoms with Crippen molar-refractivity contribution in [2.45, 2.75) is 89.9 Å². The summed E-state index contributed by atoms with van der Waals surface area (Å²) in [6.45, 7) is 9.26. The van der Waals surface area contributed by atoms with Crippen molar-refractivity contribution in [3.63, 3.8) is 0 Å². The fourth-order valence-electron chi connectivity index (χ4n) is 6.63. The number of aliphatic hydroxyl groups excluding tert-OH is 3. The van der Waals surface area contributed by atoms with Gasteiger partial charge in [0.1, 0.15) is 0 Å². The van der Waals surface area contributed by atoms with Crippen LogP contribution in [0.1, 0.15) is 71.6 Å². The summed E-state index contributed by atoms with van der Waals surface area (Å²) in [5, 5.41) is 30.4. The van der Waals surface area contributed by atoms with E-state index in [2.05, 4.69) is 49.5 Å². The van der Waals surface area contributed by atoms with E-state index in [9.17, 15) is 15.3 Å². The largest absolute Gasteiger partial charge is 0.471 e. The molecule has 0 aromatic rings. The average molecular weight is 473 g/mol. The second-order valence-electron chi connectivity index (χ2n) is 11.1. The Bertz CT molecular complexity index is 807. The van der Waals surface area contributed by atoms with Crippen molar-refractivity contribution in [1.29, 1.82) is 0 Å². The Labute approximate surface area is 205 Å². The summed E-state index contributed by atoms with van der Waals surface area (Å²) in [6.07, 6.45) is 16.9. The lowest BCUT2D eigenvalue weighted by molar-refractivity contribution is -0.126. The minimum atomic E-state index is -0.621. The van der Waals surface area contributed by atoms with Crippen molar-refractivity contribution < 1.29 is 24.9 Å². The third-order valence-electron chi connectivity index (χ3n) is 8.75. The van der Waals surface area contributed by atoms with Gasteiger partial charge in [-0.2, -0.15) is 0 Å². The van der Waals surface area contributed by atoms with Gasteiger partial charge in [-0.3, -0.25) is 4.79 Å². The number of allylic oxidation sites excluding steroid dienone is 4. The van der Waals surface area contributed by atoms with Gasteiger partial charge in [-0.15, -0.1) is 0 Å². The van der Waals surface area contributed by atoms with E-state index in [4.69, 9.17) is 4.79 Å². The van der Waals surface area contributed by atoms with Crippen LogP contribution < -0.4 is 0 Å². The molecule has 0 aromatic carbocycles. The molecule has 0 unspecified atom stereocenters. The van der Waals surface area contributed by atoms with Crippen LogP contribution in [0, 0.1) is 29.1 Å². The molecule has 0 spiro atoms. The lowest BCUT2D eigenvalue weighted by Crippen LogP contribution is -2.35. The van der Waals surface area contributed by atoms with Crippen LogP contribution in [0.3, 0.4) is 0 Å². The number of carbonyl (C=O) groups is 1. The fourth-order valence-corrected chi connectivity index (χ4v) is 6.63. The first-order chi connectivity index (χ1) is 16.2. The van der Waals surface area contributed by atoms with E-state index in [1.165, 1.54) is 51.2 Å². The Morgan fingerprint density at radius 2 is 1.85 bits per heavy atom. The maximum atomic E-state index is 10.2. The Balaban J connectivity index is 0.000000751. The minimum absolute atomic E-state index is 0.250. The average Bonchev–Trinajstić information content (AvgIpc) is 3.60. The molecule has 5 nitrogen and oxygen atoms in total. The minimum Gasteiger partial charge on any atom is -0.471 e. The Kier molecular flexibility index (Phi) is 9.36. The van der Waals surface area contributed by atoms with Crippen LogP contribution in [0.2, 0.25) is 0 Å². The van der Waals surface area contributed by atoms with Gasteiger partial charge in [0.2, 0.25) is 0 Å². The van der Waals surface area contributed by atoms with E-state index in [0.29, 0.717) is 48.4 Å². The van der Waals surface area contributed by atoms with E-state index in [1.807, 2.05) is 0 Å². The zero-order valence-electron chi connectivity index (χ0n) is 21.2. The number of hydrogen-bond donors (Lipinski definition) is 3. The Morgan fingerprint density at radius 3 is 2.50 bits per heavy atom. The summed E-state index contributed by atoms with van der Waals surface area (Å²) in [7, 11) is 1.31. The van der Waals surface area contributed by atoms with Crippen LogP contribution in [0.25, 0.3) is 0 Å². The maximum Gasteiger partial charge on any atom is 0.292 e. The quantitative estimate of drug-likeness (QED) is 0.379. The highest BCUT2D eigenvalue weighted by Crippen LogP contribution is 2.59. The van der Waals surface area contributed by atoms with E-state index in [-0.39, 0.29) is 6.10 Å². The monoisotopic (exact) mass is 472 g/mol. The van der Waals surface area contributed by atoms with Gasteiger partial charge in [-0.1, -0.05) is 50.3 Å². The molecule has 4 saturated carbocycles. The van der Waals surface area contributed by atoms with Gasteiger partial charge in [-0.05, 0) is 91.6 Å². The highest BCUT2D eigenvalue weighted by atomic mass is 16.5. The number of hydrogen-bond acceptors (Lipinski definition) is 5. The molecule has 4 aliphatic rings. The summed E-state index contributed by atoms with van der Waals surface area (Å²) >= 11 is 0. The van der Waals surface area contributed by atoms with Crippen molar-refractivity contribution in [3.05, 3.63) is 47.6 Å². The van der Waals surface area contributed by atoms with Gasteiger partial charge >= 0.3 is 0 Å². The molecule has 5 heteroatoms. The van der Waals surface area contributed by atoms with E-state index in [0.717, 1.165) is 17.6 Å². The highest BCUT2D eigenvalue weighted by Gasteiger charge is 2.50. The Morgan fingerprint density at radius 1 is 1.15 bits per heavy atom. The zero-order chi connectivity index (χ0) is 24.9. The lowest BCUT2D eigenvalue weighted by Gasteiger charge is -2.44. The number of aliphatic hydroxyl groups is 3. The molecule has 7 atom stereocenters. The molecular weight excluding hydrogens is 428 g/mol. The predicted molar refractivity (Wildman–Crippen MR) is 135 cm³/mol. The highest BCUT2D eigenvalue weighted by molar-refractivity contribution is 5.38. The third-order valence-corrected chi connectivity index (χ3v) is 8.75. The Hall–Kier alpha value is -1.69. The van der Waals surface area contributed by atoms with Gasteiger partial charge in [-0.25, -0.2) is 0 Å². The van der Waals surface area contributed by atoms with Crippen molar-refractivity contribution in [2.24, 2.45) is 29.1 Å². The van der Waals surface area contributed by atoms with Crippen molar-refractivity contribution in [2.75, 3.05) is 7.11 Å². The van der Waals surface area contributed by atoms with Crippen LogP contribution in [0.15, 0.2) is 47.6 Å². The second kappa shape index (κ2) is 11.8. The normalized spacial score (nSPS) is 37.8. The number of ether oxygens (including phenoxy) is 1. The standard InChI is InChI=1S/C27H40O3.C2H4O2/c1-17(6-13-25(29)20-8-9-20)23-11-12-24-19(5-4-14-27(23,24)3)7-10-21-15-22(28)16-26(30)18(21)2;1-4-2-3/h6-7,10,13,17,20,22-26,28-30H,2,4-5,8-9,11-12,14-16H2,1,3H3;2H,1H3/b13-6+,19-7+,21-10-;/t17-,22-,23-,24+,25-,26+,27-;/m1./s1. The third kappa shape index (κ3) is 6.30. The number of methoxy groups -OCH3 is 1. The summed E-state index contributed by atoms with van der Waals surface area (Å²) in [5.41, 5.74) is 3.63. The van der Waals surface area contributed by atoms with Crippen molar-refractivity contribution in [1.82, 2.24) is 0 Å². The van der Waals surface area contributed by atoms with Crippen LogP contribution in [0.5, 0.6) is 0 Å². The summed E-state index contributed by atoms with van der Waals surface area (Å²) in [5.74, 6) is 2.28. The van der Waals surface area contributed by atoms with Gasteiger partial charge in [0.15, 0.2) is 0 Å². The zero-order valence-corrected chi connectivity index (χ0v) is 21.2. The molecule has 4 aliphatic carbocycles. The van der Waals surface area contributed by atoms with Crippen LogP contribution in [-0.4, -0.2) is 47.2 Å². The first-order valence-corrected chi connectivity index (χ1v) is 13.0. The molecular formula is C29H44O5. The first kappa shape index (κ1) is 26.9. The molecule has 0 amide bonds. The summed E-state index contributed by atoms with van der Waals surface area (Å²) in [4.78, 5) is 8.95. The number of rotatable bonds is 6. The van der Waals surface area contributed by atoms with Crippen LogP contribution >= 0.6 is 0 Å². The number of fused-ring (bicyclic) bond motifs is 1. The molecule has 0 aromatic heterocycles. The molecule has 4 fully saturated rings. The van der Waals surface area contributed by atoms with E-state index in [1.54, 1.807) is 0 Å². The van der Waals surface area contributed by atoms with Gasteiger partial charge in [0.25, 0.3) is 6.47 Å². The van der Waals surface area contributed by atoms with E-state index < -0.39 is 12.2 Å². The summed E-state index contributed by atoms with van der Waals surface area (Å²) in [6, 6.07) is 0. The van der Waals surface area contributed by atoms with Crippen molar-refractivity contribution in [3.8, 4) is 0 Å². The van der Waals surface area contributed by atoms with Gasteiger partial charge < -0.3 is 20.1 Å². The molecule has 0 radical (unpaired) electrons. The number of carbonyl (C=O) groups excluding carboxylic acids is 1. The molecule has 190 valence electrons. The predicted octanol–water partition coefficient (Wildman–Crippen LogP) is 4.88. The molecule has 0 bridgehead atoms. The molecule has 3 N–H and O–H groups in total. The molecule has 0 aliphatic heterocycles. The maximum absolute atomic E-state index is 10.2. The summed E-state index contributed by atoms with van der Waals surface area (Å²) < 4.78 is 3.86. The smallest absolute Gasteiger partial charge is 0.292 e. The van der Waals surface area contributed by atoms with Gasteiger partial charge in [0, 0.05) is 6.42 Å². The van der Waals surface area contributed by atoms with E-state index >= 15 is 0 Å². The SMILES string of the molecule is C=C1/C(=C\C=C2/CCC[C@]3(C)[C@@H]([C@H](C)/C=C/[C@@H](O)C4CC4)CC[C@@H]23)C[C@@H](O)C[C@@H]1O.COC=O. The van der Waals surface area contributed by atoms with Gasteiger partial charge in [0.05, 0.1) is 25.4 Å². The molecule has 34 heavy (non-hydrogen) atoms. The van der Waals surface area contributed by atoms with Crippen LogP contribution in [-0.2, 0) is 9.53 Å². The van der Waals surface area contributed by atoms with Crippen LogP contribution in [0.4, 0.5) is 0 Å². The molecule has 0 heterocycles. The lowest BCUT2D eigenvalue weighted by atomic mass is 9.61.